The van der Waals surface area contributed by atoms with Crippen molar-refractivity contribution in [1.29, 1.82) is 0 Å². The number of anilines is 1. The maximum atomic E-state index is 13.1. The fourth-order valence-electron chi connectivity index (χ4n) is 2.84. The summed E-state index contributed by atoms with van der Waals surface area (Å²) >= 11 is 1.17. The molecule has 0 amide bonds. The minimum Gasteiger partial charge on any atom is -0.366 e. The van der Waals surface area contributed by atoms with E-state index in [1.807, 2.05) is 11.8 Å². The number of aromatic nitrogens is 2. The number of fused-ring (bicyclic) bond motifs is 1. The Morgan fingerprint density at radius 2 is 1.92 bits per heavy atom. The van der Waals surface area contributed by atoms with Crippen LogP contribution in [-0.2, 0) is 16.4 Å². The third-order valence-electron chi connectivity index (χ3n) is 3.97. The van der Waals surface area contributed by atoms with Crippen LogP contribution in [0, 0.1) is 12.7 Å². The number of hydrogen-bond donors (Lipinski definition) is 0. The van der Waals surface area contributed by atoms with Gasteiger partial charge in [-0.2, -0.15) is 0 Å². The quantitative estimate of drug-likeness (QED) is 0.664. The molecule has 0 aliphatic rings. The predicted octanol–water partition coefficient (Wildman–Crippen LogP) is 2.63. The van der Waals surface area contributed by atoms with Crippen LogP contribution < -0.4 is 10.5 Å². The molecule has 0 aliphatic heterocycles. The fourth-order valence-corrected chi connectivity index (χ4v) is 5.40. The first kappa shape index (κ1) is 18.5. The van der Waals surface area contributed by atoms with Gasteiger partial charge in [0.05, 0.1) is 12.2 Å². The molecule has 3 aromatic rings. The van der Waals surface area contributed by atoms with Crippen molar-refractivity contribution < 1.29 is 12.8 Å². The van der Waals surface area contributed by atoms with Crippen LogP contribution in [0.3, 0.4) is 0 Å². The summed E-state index contributed by atoms with van der Waals surface area (Å²) < 4.78 is 38.2. The highest BCUT2D eigenvalue weighted by molar-refractivity contribution is 7.90. The molecule has 0 unspecified atom stereocenters. The monoisotopic (exact) mass is 395 g/mol. The highest BCUT2D eigenvalue weighted by Crippen LogP contribution is 2.24. The van der Waals surface area contributed by atoms with Crippen LogP contribution in [0.5, 0.6) is 0 Å². The SMILES string of the molecule is CCN(Cc1cc(=O)n2c(S(C)(=O)=O)c(C)sc2n1)c1ccc(F)cc1. The van der Waals surface area contributed by atoms with Crippen molar-refractivity contribution in [2.45, 2.75) is 25.4 Å². The Morgan fingerprint density at radius 3 is 2.50 bits per heavy atom. The summed E-state index contributed by atoms with van der Waals surface area (Å²) in [6, 6.07) is 7.44. The Kier molecular flexibility index (Phi) is 4.85. The number of aryl methyl sites for hydroxylation is 1. The molecule has 6 nitrogen and oxygen atoms in total. The molecular weight excluding hydrogens is 377 g/mol. The van der Waals surface area contributed by atoms with Gasteiger partial charge in [0, 0.05) is 29.4 Å². The number of benzene rings is 1. The molecule has 0 spiro atoms. The molecule has 9 heteroatoms. The van der Waals surface area contributed by atoms with E-state index in [0.717, 1.165) is 16.3 Å². The maximum Gasteiger partial charge on any atom is 0.259 e. The van der Waals surface area contributed by atoms with E-state index in [1.54, 1.807) is 19.1 Å². The normalized spacial score (nSPS) is 11.8. The van der Waals surface area contributed by atoms with Crippen molar-refractivity contribution in [3.8, 4) is 0 Å². The number of thiazole rings is 1. The van der Waals surface area contributed by atoms with Gasteiger partial charge in [-0.15, -0.1) is 11.3 Å². The standard InChI is InChI=1S/C17H18FN3O3S2/c1-4-20(14-7-5-12(18)6-8-14)10-13-9-15(22)21-16(26(3,23)24)11(2)25-17(21)19-13/h5-9H,4,10H2,1-3H3. The van der Waals surface area contributed by atoms with Gasteiger partial charge in [-0.1, -0.05) is 0 Å². The second-order valence-electron chi connectivity index (χ2n) is 5.93. The van der Waals surface area contributed by atoms with Crippen LogP contribution >= 0.6 is 11.3 Å². The van der Waals surface area contributed by atoms with Crippen molar-refractivity contribution in [2.75, 3.05) is 17.7 Å². The number of rotatable bonds is 5. The molecule has 0 N–H and O–H groups in total. The lowest BCUT2D eigenvalue weighted by Crippen LogP contribution is -2.25. The van der Waals surface area contributed by atoms with Crippen LogP contribution in [0.25, 0.3) is 4.96 Å². The van der Waals surface area contributed by atoms with Gasteiger partial charge in [-0.3, -0.25) is 4.79 Å². The van der Waals surface area contributed by atoms with Gasteiger partial charge in [0.2, 0.25) is 0 Å². The van der Waals surface area contributed by atoms with Gasteiger partial charge >= 0.3 is 0 Å². The maximum absolute atomic E-state index is 13.1. The summed E-state index contributed by atoms with van der Waals surface area (Å²) in [5, 5.41) is -0.00701. The number of sulfone groups is 1. The summed E-state index contributed by atoms with van der Waals surface area (Å²) in [5.41, 5.74) is 0.919. The average Bonchev–Trinajstić information content (AvgIpc) is 2.90. The molecule has 0 bridgehead atoms. The smallest absolute Gasteiger partial charge is 0.259 e. The van der Waals surface area contributed by atoms with E-state index in [0.29, 0.717) is 28.6 Å². The Morgan fingerprint density at radius 1 is 1.27 bits per heavy atom. The first-order valence-corrected chi connectivity index (χ1v) is 10.6. The first-order chi connectivity index (χ1) is 12.2. The summed E-state index contributed by atoms with van der Waals surface area (Å²) in [4.78, 5) is 19.8. The fraction of sp³-hybridized carbons (Fsp3) is 0.294. The summed E-state index contributed by atoms with van der Waals surface area (Å²) in [6.45, 7) is 4.61. The number of nitrogens with zero attached hydrogens (tertiary/aromatic N) is 3. The Hall–Kier alpha value is -2.26. The lowest BCUT2D eigenvalue weighted by atomic mass is 10.2. The van der Waals surface area contributed by atoms with Crippen molar-refractivity contribution in [1.82, 2.24) is 9.38 Å². The molecule has 0 radical (unpaired) electrons. The third-order valence-corrected chi connectivity index (χ3v) is 6.24. The van der Waals surface area contributed by atoms with Crippen LogP contribution in [0.4, 0.5) is 10.1 Å². The van der Waals surface area contributed by atoms with Crippen LogP contribution in [0.2, 0.25) is 0 Å². The molecule has 26 heavy (non-hydrogen) atoms. The number of hydrogen-bond acceptors (Lipinski definition) is 6. The van der Waals surface area contributed by atoms with Crippen LogP contribution in [-0.4, -0.2) is 30.6 Å². The van der Waals surface area contributed by atoms with E-state index in [-0.39, 0.29) is 10.8 Å². The molecule has 0 aliphatic carbocycles. The molecular formula is C17H18FN3O3S2. The minimum absolute atomic E-state index is 0.00701. The molecule has 1 aromatic carbocycles. The topological polar surface area (TPSA) is 71.8 Å². The van der Waals surface area contributed by atoms with E-state index >= 15 is 0 Å². The zero-order chi connectivity index (χ0) is 19.1. The Balaban J connectivity index is 2.04. The van der Waals surface area contributed by atoms with E-state index in [9.17, 15) is 17.6 Å². The molecule has 0 saturated carbocycles. The Bertz CT molecular complexity index is 1120. The molecule has 2 aromatic heterocycles. The van der Waals surface area contributed by atoms with Gasteiger partial charge in [0.25, 0.3) is 5.56 Å². The summed E-state index contributed by atoms with van der Waals surface area (Å²) in [6.07, 6.45) is 1.08. The molecule has 3 rings (SSSR count). The van der Waals surface area contributed by atoms with Crippen LogP contribution in [0.15, 0.2) is 40.2 Å². The van der Waals surface area contributed by atoms with E-state index < -0.39 is 15.4 Å². The zero-order valence-corrected chi connectivity index (χ0v) is 16.2. The van der Waals surface area contributed by atoms with Crippen molar-refractivity contribution in [2.24, 2.45) is 0 Å². The lowest BCUT2D eigenvalue weighted by Gasteiger charge is -2.22. The molecule has 0 fully saturated rings. The van der Waals surface area contributed by atoms with Crippen molar-refractivity contribution in [3.63, 3.8) is 0 Å². The predicted molar refractivity (Wildman–Crippen MR) is 100 cm³/mol. The zero-order valence-electron chi connectivity index (χ0n) is 14.6. The molecule has 2 heterocycles. The van der Waals surface area contributed by atoms with Crippen LogP contribution in [0.1, 0.15) is 17.5 Å². The van der Waals surface area contributed by atoms with Gasteiger partial charge in [-0.25, -0.2) is 22.2 Å². The van der Waals surface area contributed by atoms with Crippen molar-refractivity contribution >= 4 is 31.8 Å². The van der Waals surface area contributed by atoms with Gasteiger partial charge in [0.15, 0.2) is 19.8 Å². The highest BCUT2D eigenvalue weighted by atomic mass is 32.2. The van der Waals surface area contributed by atoms with Gasteiger partial charge in [0.1, 0.15) is 5.82 Å². The van der Waals surface area contributed by atoms with Gasteiger partial charge in [-0.05, 0) is 38.1 Å². The first-order valence-electron chi connectivity index (χ1n) is 7.93. The lowest BCUT2D eigenvalue weighted by molar-refractivity contribution is 0.595. The largest absolute Gasteiger partial charge is 0.366 e. The highest BCUT2D eigenvalue weighted by Gasteiger charge is 2.21. The van der Waals surface area contributed by atoms with Gasteiger partial charge < -0.3 is 4.90 Å². The number of halogens is 1. The second-order valence-corrected chi connectivity index (χ2v) is 9.04. The minimum atomic E-state index is -3.54. The summed E-state index contributed by atoms with van der Waals surface area (Å²) in [7, 11) is -3.54. The van der Waals surface area contributed by atoms with Crippen molar-refractivity contribution in [3.05, 3.63) is 57.1 Å². The van der Waals surface area contributed by atoms with E-state index in [1.165, 1.54) is 29.5 Å². The third kappa shape index (κ3) is 3.49. The average molecular weight is 395 g/mol. The Labute approximate surface area is 154 Å². The molecule has 0 atom stereocenters. The summed E-state index contributed by atoms with van der Waals surface area (Å²) in [5.74, 6) is -0.315. The molecule has 0 saturated heterocycles. The molecule has 138 valence electrons. The second kappa shape index (κ2) is 6.81. The van der Waals surface area contributed by atoms with E-state index in [2.05, 4.69) is 4.98 Å². The van der Waals surface area contributed by atoms with E-state index in [4.69, 9.17) is 0 Å².